The first-order valence-electron chi connectivity index (χ1n) is 6.04. The second-order valence-corrected chi connectivity index (χ2v) is 6.52. The largest absolute Gasteiger partial charge is 0.336 e. The molecule has 18 heavy (non-hydrogen) atoms. The summed E-state index contributed by atoms with van der Waals surface area (Å²) in [5.41, 5.74) is 5.90. The molecule has 0 bridgehead atoms. The number of amides is 1. The maximum atomic E-state index is 12.1. The van der Waals surface area contributed by atoms with Crippen molar-refractivity contribution >= 4 is 39.2 Å². The van der Waals surface area contributed by atoms with Crippen LogP contribution in [0.15, 0.2) is 22.0 Å². The number of thiophene rings is 1. The van der Waals surface area contributed by atoms with Crippen LogP contribution in [0, 0.1) is 0 Å². The third-order valence-electron chi connectivity index (χ3n) is 3.18. The minimum atomic E-state index is 0.0823. The highest BCUT2D eigenvalue weighted by atomic mass is 79.9. The maximum Gasteiger partial charge on any atom is 0.246 e. The van der Waals surface area contributed by atoms with Gasteiger partial charge in [0.05, 0.1) is 0 Å². The minimum absolute atomic E-state index is 0.0823. The Labute approximate surface area is 120 Å². The predicted octanol–water partition coefficient (Wildman–Crippen LogP) is 2.86. The summed E-state index contributed by atoms with van der Waals surface area (Å²) >= 11 is 5.01. The van der Waals surface area contributed by atoms with Crippen LogP contribution < -0.4 is 5.73 Å². The number of piperidine rings is 1. The van der Waals surface area contributed by atoms with Gasteiger partial charge in [-0.2, -0.15) is 0 Å². The Hall–Kier alpha value is -0.650. The van der Waals surface area contributed by atoms with Crippen molar-refractivity contribution in [2.45, 2.75) is 31.8 Å². The van der Waals surface area contributed by atoms with Crippen molar-refractivity contribution < 1.29 is 4.79 Å². The lowest BCUT2D eigenvalue weighted by atomic mass is 9.99. The first-order valence-corrected chi connectivity index (χ1v) is 7.72. The summed E-state index contributed by atoms with van der Waals surface area (Å²) in [5.74, 6) is 0.0823. The molecule has 98 valence electrons. The number of nitrogens with two attached hydrogens (primary N) is 1. The van der Waals surface area contributed by atoms with E-state index in [0.29, 0.717) is 0 Å². The van der Waals surface area contributed by atoms with E-state index in [-0.39, 0.29) is 18.0 Å². The van der Waals surface area contributed by atoms with Crippen LogP contribution in [0.1, 0.15) is 24.6 Å². The lowest BCUT2D eigenvalue weighted by Crippen LogP contribution is -2.47. The second kappa shape index (κ2) is 5.99. The van der Waals surface area contributed by atoms with Gasteiger partial charge >= 0.3 is 0 Å². The Bertz CT molecular complexity index is 458. The van der Waals surface area contributed by atoms with Crippen molar-refractivity contribution in [2.24, 2.45) is 5.73 Å². The van der Waals surface area contributed by atoms with Crippen LogP contribution in [0.2, 0.25) is 0 Å². The quantitative estimate of drug-likeness (QED) is 0.848. The SMILES string of the molecule is CC1CC(N)CCN1C(=O)/C=C/c1cc(Br)cs1. The molecule has 0 spiro atoms. The lowest BCUT2D eigenvalue weighted by Gasteiger charge is -2.35. The number of nitrogens with zero attached hydrogens (tertiary/aromatic N) is 1. The van der Waals surface area contributed by atoms with Gasteiger partial charge in [-0.25, -0.2) is 0 Å². The summed E-state index contributed by atoms with van der Waals surface area (Å²) in [4.78, 5) is 15.1. The van der Waals surface area contributed by atoms with Crippen molar-refractivity contribution in [3.8, 4) is 0 Å². The zero-order chi connectivity index (χ0) is 13.1. The molecule has 1 aromatic heterocycles. The lowest BCUT2D eigenvalue weighted by molar-refractivity contribution is -0.129. The molecule has 3 nitrogen and oxygen atoms in total. The summed E-state index contributed by atoms with van der Waals surface area (Å²) in [7, 11) is 0. The van der Waals surface area contributed by atoms with E-state index in [9.17, 15) is 4.79 Å². The Morgan fingerprint density at radius 3 is 3.06 bits per heavy atom. The Morgan fingerprint density at radius 1 is 1.67 bits per heavy atom. The molecule has 0 aliphatic carbocycles. The van der Waals surface area contributed by atoms with E-state index in [2.05, 4.69) is 22.9 Å². The zero-order valence-electron chi connectivity index (χ0n) is 10.3. The smallest absolute Gasteiger partial charge is 0.246 e. The summed E-state index contributed by atoms with van der Waals surface area (Å²) in [6.07, 6.45) is 5.32. The average Bonchev–Trinajstić information content (AvgIpc) is 2.72. The van der Waals surface area contributed by atoms with Gasteiger partial charge in [0.15, 0.2) is 0 Å². The molecule has 0 radical (unpaired) electrons. The molecule has 0 saturated carbocycles. The van der Waals surface area contributed by atoms with Gasteiger partial charge in [-0.3, -0.25) is 4.79 Å². The number of carbonyl (C=O) groups is 1. The summed E-state index contributed by atoms with van der Waals surface area (Å²) in [5, 5.41) is 2.01. The normalized spacial score (nSPS) is 24.7. The third kappa shape index (κ3) is 3.43. The summed E-state index contributed by atoms with van der Waals surface area (Å²) < 4.78 is 1.05. The van der Waals surface area contributed by atoms with E-state index in [1.165, 1.54) is 0 Å². The molecule has 1 fully saturated rings. The van der Waals surface area contributed by atoms with Gasteiger partial charge in [0, 0.05) is 39.4 Å². The predicted molar refractivity (Wildman–Crippen MR) is 79.4 cm³/mol. The van der Waals surface area contributed by atoms with Crippen LogP contribution >= 0.6 is 27.3 Å². The maximum absolute atomic E-state index is 12.1. The molecule has 2 unspecified atom stereocenters. The van der Waals surface area contributed by atoms with Crippen LogP contribution in [-0.2, 0) is 4.79 Å². The molecule has 2 N–H and O–H groups in total. The molecule has 1 amide bonds. The number of rotatable bonds is 2. The fourth-order valence-corrected chi connectivity index (χ4v) is 3.54. The highest BCUT2D eigenvalue weighted by Crippen LogP contribution is 2.21. The number of carbonyl (C=O) groups excluding carboxylic acids is 1. The van der Waals surface area contributed by atoms with Gasteiger partial charge in [0.25, 0.3) is 0 Å². The third-order valence-corrected chi connectivity index (χ3v) is 4.84. The van der Waals surface area contributed by atoms with Gasteiger partial charge in [0.1, 0.15) is 0 Å². The second-order valence-electron chi connectivity index (χ2n) is 4.67. The van der Waals surface area contributed by atoms with Gasteiger partial charge in [-0.05, 0) is 47.8 Å². The van der Waals surface area contributed by atoms with Gasteiger partial charge < -0.3 is 10.6 Å². The van der Waals surface area contributed by atoms with E-state index in [4.69, 9.17) is 5.73 Å². The van der Waals surface area contributed by atoms with E-state index >= 15 is 0 Å². The molecule has 2 heterocycles. The molecule has 2 atom stereocenters. The van der Waals surface area contributed by atoms with Crippen LogP contribution in [0.5, 0.6) is 0 Å². The standard InChI is InChI=1S/C13H17BrN2OS/c1-9-6-11(15)4-5-16(9)13(17)3-2-12-7-10(14)8-18-12/h2-3,7-9,11H,4-6,15H2,1H3/b3-2+. The molecule has 1 aliphatic heterocycles. The number of hydrogen-bond acceptors (Lipinski definition) is 3. The molecular formula is C13H17BrN2OS. The van der Waals surface area contributed by atoms with Crippen molar-refractivity contribution in [3.05, 3.63) is 26.9 Å². The van der Waals surface area contributed by atoms with Crippen LogP contribution in [-0.4, -0.2) is 29.4 Å². The molecule has 1 saturated heterocycles. The number of likely N-dealkylation sites (tertiary alicyclic amines) is 1. The first-order chi connectivity index (χ1) is 8.56. The van der Waals surface area contributed by atoms with Gasteiger partial charge in [0.2, 0.25) is 5.91 Å². The van der Waals surface area contributed by atoms with Gasteiger partial charge in [-0.1, -0.05) is 0 Å². The monoisotopic (exact) mass is 328 g/mol. The van der Waals surface area contributed by atoms with Crippen molar-refractivity contribution in [1.82, 2.24) is 4.90 Å². The summed E-state index contributed by atoms with van der Waals surface area (Å²) in [6.45, 7) is 2.83. The van der Waals surface area contributed by atoms with E-state index in [1.54, 1.807) is 17.4 Å². The molecule has 0 aromatic carbocycles. The van der Waals surface area contributed by atoms with Crippen molar-refractivity contribution in [2.75, 3.05) is 6.54 Å². The van der Waals surface area contributed by atoms with Crippen LogP contribution in [0.25, 0.3) is 6.08 Å². The first kappa shape index (κ1) is 13.8. The molecule has 5 heteroatoms. The Morgan fingerprint density at radius 2 is 2.44 bits per heavy atom. The van der Waals surface area contributed by atoms with Crippen LogP contribution in [0.4, 0.5) is 0 Å². The van der Waals surface area contributed by atoms with Crippen LogP contribution in [0.3, 0.4) is 0 Å². The molecule has 1 aliphatic rings. The van der Waals surface area contributed by atoms with Crippen molar-refractivity contribution in [3.63, 3.8) is 0 Å². The zero-order valence-corrected chi connectivity index (χ0v) is 12.7. The molecular weight excluding hydrogens is 312 g/mol. The number of halogens is 1. The Kier molecular flexibility index (Phi) is 4.59. The van der Waals surface area contributed by atoms with E-state index in [0.717, 1.165) is 28.7 Å². The topological polar surface area (TPSA) is 46.3 Å². The fraction of sp³-hybridized carbons (Fsp3) is 0.462. The average molecular weight is 329 g/mol. The summed E-state index contributed by atoms with van der Waals surface area (Å²) in [6, 6.07) is 2.48. The number of hydrogen-bond donors (Lipinski definition) is 1. The highest BCUT2D eigenvalue weighted by Gasteiger charge is 2.25. The highest BCUT2D eigenvalue weighted by molar-refractivity contribution is 9.10. The van der Waals surface area contributed by atoms with Gasteiger partial charge in [-0.15, -0.1) is 11.3 Å². The fourth-order valence-electron chi connectivity index (χ4n) is 2.20. The van der Waals surface area contributed by atoms with E-state index in [1.807, 2.05) is 22.4 Å². The Balaban J connectivity index is 1.97. The minimum Gasteiger partial charge on any atom is -0.336 e. The molecule has 1 aromatic rings. The molecule has 2 rings (SSSR count). The van der Waals surface area contributed by atoms with Crippen molar-refractivity contribution in [1.29, 1.82) is 0 Å². The van der Waals surface area contributed by atoms with E-state index < -0.39 is 0 Å².